The summed E-state index contributed by atoms with van der Waals surface area (Å²) in [5.41, 5.74) is 3.55. The predicted molar refractivity (Wildman–Crippen MR) is 70.2 cm³/mol. The van der Waals surface area contributed by atoms with Crippen LogP contribution >= 0.6 is 22.9 Å². The van der Waals surface area contributed by atoms with Crippen molar-refractivity contribution in [3.8, 4) is 5.75 Å². The minimum atomic E-state index is 0.355. The fourth-order valence-corrected chi connectivity index (χ4v) is 3.66. The molecule has 1 aliphatic rings. The molecule has 3 rings (SSSR count). The van der Waals surface area contributed by atoms with E-state index in [1.54, 1.807) is 11.3 Å². The number of anilines is 1. The van der Waals surface area contributed by atoms with Gasteiger partial charge in [-0.05, 0) is 23.4 Å². The maximum atomic E-state index is 9.95. The molecule has 1 aromatic heterocycles. The van der Waals surface area contributed by atoms with Crippen molar-refractivity contribution < 1.29 is 5.11 Å². The normalized spacial score (nSPS) is 18.8. The van der Waals surface area contributed by atoms with E-state index in [1.165, 1.54) is 16.5 Å². The summed E-state index contributed by atoms with van der Waals surface area (Å²) in [7, 11) is 0. The van der Waals surface area contributed by atoms with Crippen LogP contribution < -0.4 is 5.32 Å². The van der Waals surface area contributed by atoms with Gasteiger partial charge in [-0.3, -0.25) is 0 Å². The molecule has 1 unspecified atom stereocenters. The van der Waals surface area contributed by atoms with Gasteiger partial charge in [-0.15, -0.1) is 22.9 Å². The first-order valence-corrected chi connectivity index (χ1v) is 6.67. The fraction of sp³-hybridized carbons (Fsp3) is 0.333. The quantitative estimate of drug-likeness (QED) is 0.761. The monoisotopic (exact) mass is 253 g/mol. The molecule has 0 bridgehead atoms. The minimum absolute atomic E-state index is 0.355. The lowest BCUT2D eigenvalue weighted by molar-refractivity contribution is 0.483. The third-order valence-corrected chi connectivity index (χ3v) is 4.67. The maximum absolute atomic E-state index is 9.95. The molecule has 0 radical (unpaired) electrons. The zero-order valence-corrected chi connectivity index (χ0v) is 10.5. The summed E-state index contributed by atoms with van der Waals surface area (Å²) in [6.45, 7) is 2.95. The summed E-state index contributed by atoms with van der Waals surface area (Å²) in [6.07, 6.45) is 0. The SMILES string of the molecule is Cc1csc2c(O)cc3c(c12)C(CCl)CN3. The molecule has 16 heavy (non-hydrogen) atoms. The molecule has 2 nitrogen and oxygen atoms in total. The van der Waals surface area contributed by atoms with Gasteiger partial charge >= 0.3 is 0 Å². The first-order chi connectivity index (χ1) is 7.72. The van der Waals surface area contributed by atoms with E-state index in [9.17, 15) is 5.11 Å². The van der Waals surface area contributed by atoms with Gasteiger partial charge in [0.2, 0.25) is 0 Å². The molecule has 0 spiro atoms. The molecule has 2 heterocycles. The number of rotatable bonds is 1. The number of hydrogen-bond acceptors (Lipinski definition) is 3. The van der Waals surface area contributed by atoms with Gasteiger partial charge in [0.05, 0.1) is 4.70 Å². The van der Waals surface area contributed by atoms with Crippen molar-refractivity contribution in [1.29, 1.82) is 0 Å². The van der Waals surface area contributed by atoms with E-state index in [1.807, 2.05) is 6.07 Å². The Morgan fingerprint density at radius 3 is 3.19 bits per heavy atom. The number of aromatic hydroxyl groups is 1. The Morgan fingerprint density at radius 1 is 1.62 bits per heavy atom. The van der Waals surface area contributed by atoms with Gasteiger partial charge in [-0.1, -0.05) is 0 Å². The Kier molecular flexibility index (Phi) is 2.26. The highest BCUT2D eigenvalue weighted by molar-refractivity contribution is 7.17. The molecule has 0 amide bonds. The molecule has 0 saturated carbocycles. The Balaban J connectivity index is 2.40. The molecule has 0 saturated heterocycles. The summed E-state index contributed by atoms with van der Waals surface area (Å²) in [5, 5.41) is 16.5. The van der Waals surface area contributed by atoms with Crippen LogP contribution in [0, 0.1) is 6.92 Å². The van der Waals surface area contributed by atoms with Crippen molar-refractivity contribution in [2.75, 3.05) is 17.7 Å². The maximum Gasteiger partial charge on any atom is 0.135 e. The molecule has 2 N–H and O–H groups in total. The van der Waals surface area contributed by atoms with Crippen LogP contribution in [-0.4, -0.2) is 17.5 Å². The van der Waals surface area contributed by atoms with Gasteiger partial charge in [-0.2, -0.15) is 0 Å². The van der Waals surface area contributed by atoms with Gasteiger partial charge in [0.15, 0.2) is 0 Å². The molecule has 1 aromatic carbocycles. The largest absolute Gasteiger partial charge is 0.506 e. The molecule has 1 atom stereocenters. The number of phenols is 1. The van der Waals surface area contributed by atoms with Gasteiger partial charge in [0.1, 0.15) is 5.75 Å². The third kappa shape index (κ3) is 1.25. The number of thiophene rings is 1. The Labute approximate surface area is 103 Å². The van der Waals surface area contributed by atoms with E-state index in [0.717, 1.165) is 16.9 Å². The highest BCUT2D eigenvalue weighted by atomic mass is 35.5. The van der Waals surface area contributed by atoms with Crippen LogP contribution in [0.5, 0.6) is 5.75 Å². The van der Waals surface area contributed by atoms with Crippen LogP contribution in [0.4, 0.5) is 5.69 Å². The highest BCUT2D eigenvalue weighted by Gasteiger charge is 2.26. The van der Waals surface area contributed by atoms with Crippen LogP contribution in [0.25, 0.3) is 10.1 Å². The lowest BCUT2D eigenvalue weighted by Gasteiger charge is -2.09. The van der Waals surface area contributed by atoms with Crippen molar-refractivity contribution in [2.24, 2.45) is 0 Å². The molecule has 0 fully saturated rings. The van der Waals surface area contributed by atoms with Crippen molar-refractivity contribution in [3.63, 3.8) is 0 Å². The van der Waals surface area contributed by atoms with Crippen LogP contribution in [0.3, 0.4) is 0 Å². The molecular formula is C12H12ClNOS. The Hall–Kier alpha value is -0.930. The molecular weight excluding hydrogens is 242 g/mol. The van der Waals surface area contributed by atoms with E-state index in [2.05, 4.69) is 17.6 Å². The first kappa shape index (κ1) is 10.2. The number of alkyl halides is 1. The number of phenolic OH excluding ortho intramolecular Hbond substituents is 1. The summed E-state index contributed by atoms with van der Waals surface area (Å²) in [6, 6.07) is 1.82. The summed E-state index contributed by atoms with van der Waals surface area (Å²) in [4.78, 5) is 0. The van der Waals surface area contributed by atoms with Gasteiger partial charge in [-0.25, -0.2) is 0 Å². The number of aryl methyl sites for hydroxylation is 1. The molecule has 2 aromatic rings. The van der Waals surface area contributed by atoms with Crippen molar-refractivity contribution in [1.82, 2.24) is 0 Å². The number of fused-ring (bicyclic) bond motifs is 3. The lowest BCUT2D eigenvalue weighted by atomic mass is 9.97. The van der Waals surface area contributed by atoms with Crippen LogP contribution in [0.1, 0.15) is 17.0 Å². The number of nitrogens with one attached hydrogen (secondary N) is 1. The highest BCUT2D eigenvalue weighted by Crippen LogP contribution is 2.45. The van der Waals surface area contributed by atoms with Gasteiger partial charge in [0.25, 0.3) is 0 Å². The van der Waals surface area contributed by atoms with Crippen LogP contribution in [0.2, 0.25) is 0 Å². The minimum Gasteiger partial charge on any atom is -0.506 e. The molecule has 1 aliphatic heterocycles. The summed E-state index contributed by atoms with van der Waals surface area (Å²) in [5.74, 6) is 1.34. The molecule has 84 valence electrons. The van der Waals surface area contributed by atoms with E-state index in [0.29, 0.717) is 17.5 Å². The van der Waals surface area contributed by atoms with Crippen molar-refractivity contribution >= 4 is 38.7 Å². The van der Waals surface area contributed by atoms with E-state index in [-0.39, 0.29) is 0 Å². The van der Waals surface area contributed by atoms with E-state index >= 15 is 0 Å². The zero-order chi connectivity index (χ0) is 11.3. The first-order valence-electron chi connectivity index (χ1n) is 5.26. The molecule has 4 heteroatoms. The second kappa shape index (κ2) is 3.54. The van der Waals surface area contributed by atoms with Gasteiger partial charge in [0, 0.05) is 35.5 Å². The van der Waals surface area contributed by atoms with E-state index < -0.39 is 0 Å². The average molecular weight is 254 g/mol. The van der Waals surface area contributed by atoms with E-state index in [4.69, 9.17) is 11.6 Å². The Bertz CT molecular complexity index is 564. The summed E-state index contributed by atoms with van der Waals surface area (Å²) >= 11 is 7.59. The molecule has 0 aliphatic carbocycles. The lowest BCUT2D eigenvalue weighted by Crippen LogP contribution is -2.02. The topological polar surface area (TPSA) is 32.3 Å². The second-order valence-corrected chi connectivity index (χ2v) is 5.40. The second-order valence-electron chi connectivity index (χ2n) is 4.21. The predicted octanol–water partition coefficient (Wildman–Crippen LogP) is 3.66. The fourth-order valence-electron chi connectivity index (χ4n) is 2.42. The van der Waals surface area contributed by atoms with Crippen molar-refractivity contribution in [3.05, 3.63) is 22.6 Å². The average Bonchev–Trinajstić information content (AvgIpc) is 2.82. The van der Waals surface area contributed by atoms with Crippen LogP contribution in [0.15, 0.2) is 11.4 Å². The number of hydrogen-bond donors (Lipinski definition) is 2. The number of halogens is 1. The summed E-state index contributed by atoms with van der Waals surface area (Å²) < 4.78 is 0.982. The van der Waals surface area contributed by atoms with Crippen molar-refractivity contribution in [2.45, 2.75) is 12.8 Å². The third-order valence-electron chi connectivity index (χ3n) is 3.18. The Morgan fingerprint density at radius 2 is 2.44 bits per heavy atom. The standard InChI is InChI=1S/C12H12ClNOS/c1-6-5-16-12-9(15)2-8-11(10(6)12)7(3-13)4-14-8/h2,5,7,14-15H,3-4H2,1H3. The van der Waals surface area contributed by atoms with Crippen LogP contribution in [-0.2, 0) is 0 Å². The smallest absolute Gasteiger partial charge is 0.135 e. The number of benzene rings is 1. The zero-order valence-electron chi connectivity index (χ0n) is 8.88. The van der Waals surface area contributed by atoms with Gasteiger partial charge < -0.3 is 10.4 Å².